The largest absolute Gasteiger partial charge is 0.390 e. The average Bonchev–Trinajstić information content (AvgIpc) is 2.36. The van der Waals surface area contributed by atoms with Crippen LogP contribution in [0, 0.1) is 0 Å². The second-order valence-electron chi connectivity index (χ2n) is 4.27. The average molecular weight is 330 g/mol. The second-order valence-corrected chi connectivity index (χ2v) is 6.70. The first-order chi connectivity index (χ1) is 9.16. The fraction of sp³-hybridized carbons (Fsp3) is 0.500. The van der Waals surface area contributed by atoms with Crippen LogP contribution in [0.3, 0.4) is 0 Å². The maximum absolute atomic E-state index is 12.1. The lowest BCUT2D eigenvalue weighted by Gasteiger charge is -2.18. The van der Waals surface area contributed by atoms with E-state index in [0.29, 0.717) is 16.6 Å². The topological polar surface area (TPSA) is 37.4 Å². The minimum absolute atomic E-state index is 0.0273. The van der Waals surface area contributed by atoms with Crippen LogP contribution in [0.2, 0.25) is 0 Å². The van der Waals surface area contributed by atoms with Gasteiger partial charge in [0.05, 0.1) is 11.3 Å². The molecule has 0 saturated carbocycles. The summed E-state index contributed by atoms with van der Waals surface area (Å²) in [6.07, 6.45) is -4.95. The van der Waals surface area contributed by atoms with Crippen LogP contribution in [0.1, 0.15) is 12.0 Å². The van der Waals surface area contributed by atoms with Crippen molar-refractivity contribution in [3.8, 4) is 0 Å². The van der Waals surface area contributed by atoms with E-state index >= 15 is 0 Å². The van der Waals surface area contributed by atoms with Gasteiger partial charge in [0.25, 0.3) is 0 Å². The molecule has 114 valence electrons. The highest BCUT2D eigenvalue weighted by Crippen LogP contribution is 2.22. The number of sulfonamides is 1. The summed E-state index contributed by atoms with van der Waals surface area (Å²) in [4.78, 5) is -0.0273. The molecule has 0 aliphatic rings. The Bertz CT molecular complexity index is 529. The van der Waals surface area contributed by atoms with Crippen molar-refractivity contribution >= 4 is 21.6 Å². The van der Waals surface area contributed by atoms with Gasteiger partial charge in [-0.2, -0.15) is 13.2 Å². The normalized spacial score (nSPS) is 12.9. The molecule has 1 aromatic carbocycles. The van der Waals surface area contributed by atoms with Gasteiger partial charge < -0.3 is 0 Å². The molecule has 0 spiro atoms. The first-order valence-corrected chi connectivity index (χ1v) is 7.82. The van der Waals surface area contributed by atoms with Gasteiger partial charge in [-0.15, -0.1) is 11.6 Å². The molecule has 20 heavy (non-hydrogen) atoms. The third kappa shape index (κ3) is 4.96. The Kier molecular flexibility index (Phi) is 5.85. The highest BCUT2D eigenvalue weighted by molar-refractivity contribution is 7.89. The Morgan fingerprint density at radius 3 is 2.20 bits per heavy atom. The molecule has 0 fully saturated rings. The van der Waals surface area contributed by atoms with Crippen molar-refractivity contribution < 1.29 is 21.6 Å². The zero-order valence-electron chi connectivity index (χ0n) is 10.8. The van der Waals surface area contributed by atoms with Gasteiger partial charge in [-0.1, -0.05) is 12.1 Å². The van der Waals surface area contributed by atoms with E-state index in [-0.39, 0.29) is 4.90 Å². The Balaban J connectivity index is 2.81. The monoisotopic (exact) mass is 329 g/mol. The molecule has 0 atom stereocenters. The first-order valence-electron chi connectivity index (χ1n) is 5.85. The Hall–Kier alpha value is -0.790. The third-order valence-electron chi connectivity index (χ3n) is 2.72. The van der Waals surface area contributed by atoms with Crippen LogP contribution in [0.25, 0.3) is 0 Å². The van der Waals surface area contributed by atoms with E-state index in [1.807, 2.05) is 0 Å². The molecule has 0 N–H and O–H groups in total. The fourth-order valence-corrected chi connectivity index (χ4v) is 2.91. The van der Waals surface area contributed by atoms with Gasteiger partial charge >= 0.3 is 6.18 Å². The van der Waals surface area contributed by atoms with Crippen molar-refractivity contribution in [2.45, 2.75) is 23.9 Å². The second kappa shape index (κ2) is 6.78. The molecule has 0 bridgehead atoms. The summed E-state index contributed by atoms with van der Waals surface area (Å²) in [5, 5.41) is 0. The number of alkyl halides is 4. The number of aryl methyl sites for hydroxylation is 1. The highest BCUT2D eigenvalue weighted by atomic mass is 35.5. The molecule has 0 unspecified atom stereocenters. The van der Waals surface area contributed by atoms with E-state index in [4.69, 9.17) is 11.6 Å². The Morgan fingerprint density at radius 2 is 1.75 bits per heavy atom. The SMILES string of the molecule is CN(CCC(F)(F)F)S(=O)(=O)c1ccc(CCCl)cc1. The summed E-state index contributed by atoms with van der Waals surface area (Å²) in [7, 11) is -2.76. The zero-order valence-corrected chi connectivity index (χ0v) is 12.4. The minimum atomic E-state index is -4.38. The Morgan fingerprint density at radius 1 is 1.20 bits per heavy atom. The van der Waals surface area contributed by atoms with Crippen LogP contribution in [0.15, 0.2) is 29.2 Å². The number of hydrogen-bond acceptors (Lipinski definition) is 2. The predicted molar refractivity (Wildman–Crippen MR) is 71.4 cm³/mol. The quantitative estimate of drug-likeness (QED) is 0.752. The van der Waals surface area contributed by atoms with Crippen molar-refractivity contribution in [2.24, 2.45) is 0 Å². The standard InChI is InChI=1S/C12H15ClF3NO2S/c1-17(9-7-12(14,15)16)20(18,19)11-4-2-10(3-5-11)6-8-13/h2-5H,6-9H2,1H3. The molecule has 0 radical (unpaired) electrons. The van der Waals surface area contributed by atoms with Crippen LogP contribution in [-0.4, -0.2) is 38.4 Å². The van der Waals surface area contributed by atoms with Crippen molar-refractivity contribution in [3.05, 3.63) is 29.8 Å². The van der Waals surface area contributed by atoms with Crippen molar-refractivity contribution in [2.75, 3.05) is 19.5 Å². The van der Waals surface area contributed by atoms with Crippen LogP contribution in [0.4, 0.5) is 13.2 Å². The summed E-state index contributed by atoms with van der Waals surface area (Å²) in [5.41, 5.74) is 0.872. The molecule has 0 aliphatic carbocycles. The van der Waals surface area contributed by atoms with Gasteiger partial charge in [0, 0.05) is 19.5 Å². The lowest BCUT2D eigenvalue weighted by Crippen LogP contribution is -2.30. The molecular weight excluding hydrogens is 315 g/mol. The van der Waals surface area contributed by atoms with Gasteiger partial charge in [-0.05, 0) is 24.1 Å². The number of hydrogen-bond donors (Lipinski definition) is 0. The van der Waals surface area contributed by atoms with E-state index < -0.39 is 29.2 Å². The van der Waals surface area contributed by atoms with Gasteiger partial charge in [0.15, 0.2) is 0 Å². The van der Waals surface area contributed by atoms with Crippen LogP contribution < -0.4 is 0 Å². The van der Waals surface area contributed by atoms with Crippen LogP contribution in [0.5, 0.6) is 0 Å². The summed E-state index contributed by atoms with van der Waals surface area (Å²) < 4.78 is 61.1. The number of rotatable bonds is 6. The summed E-state index contributed by atoms with van der Waals surface area (Å²) in [6, 6.07) is 5.96. The molecule has 1 aromatic rings. The maximum atomic E-state index is 12.1. The number of nitrogens with zero attached hydrogens (tertiary/aromatic N) is 1. The molecule has 3 nitrogen and oxygen atoms in total. The van der Waals surface area contributed by atoms with Crippen molar-refractivity contribution in [3.63, 3.8) is 0 Å². The summed E-state index contributed by atoms with van der Waals surface area (Å²) in [6.45, 7) is -0.602. The van der Waals surface area contributed by atoms with Crippen LogP contribution >= 0.6 is 11.6 Å². The Labute approximate surface area is 121 Å². The molecule has 0 aromatic heterocycles. The lowest BCUT2D eigenvalue weighted by molar-refractivity contribution is -0.135. The highest BCUT2D eigenvalue weighted by Gasteiger charge is 2.30. The van der Waals surface area contributed by atoms with Gasteiger partial charge in [-0.25, -0.2) is 12.7 Å². The van der Waals surface area contributed by atoms with E-state index in [2.05, 4.69) is 0 Å². The molecule has 0 heterocycles. The van der Waals surface area contributed by atoms with E-state index in [0.717, 1.165) is 12.6 Å². The van der Waals surface area contributed by atoms with E-state index in [9.17, 15) is 21.6 Å². The molecule has 1 rings (SSSR count). The van der Waals surface area contributed by atoms with Gasteiger partial charge in [-0.3, -0.25) is 0 Å². The zero-order chi connectivity index (χ0) is 15.4. The molecule has 0 amide bonds. The predicted octanol–water partition coefficient (Wildman–Crippen LogP) is 3.04. The number of halogens is 4. The smallest absolute Gasteiger partial charge is 0.207 e. The van der Waals surface area contributed by atoms with Crippen LogP contribution in [-0.2, 0) is 16.4 Å². The van der Waals surface area contributed by atoms with E-state index in [1.54, 1.807) is 12.1 Å². The lowest BCUT2D eigenvalue weighted by atomic mass is 10.2. The molecule has 0 saturated heterocycles. The summed E-state index contributed by atoms with van der Waals surface area (Å²) in [5.74, 6) is 0.414. The maximum Gasteiger partial charge on any atom is 0.390 e. The number of benzene rings is 1. The van der Waals surface area contributed by atoms with Crippen molar-refractivity contribution in [1.29, 1.82) is 0 Å². The first kappa shape index (κ1) is 17.3. The molecular formula is C12H15ClF3NO2S. The van der Waals surface area contributed by atoms with Crippen molar-refractivity contribution in [1.82, 2.24) is 4.31 Å². The summed E-state index contributed by atoms with van der Waals surface area (Å²) >= 11 is 5.57. The fourth-order valence-electron chi connectivity index (χ4n) is 1.52. The van der Waals surface area contributed by atoms with Gasteiger partial charge in [0.2, 0.25) is 10.0 Å². The van der Waals surface area contributed by atoms with E-state index in [1.165, 1.54) is 12.1 Å². The molecule has 0 aliphatic heterocycles. The minimum Gasteiger partial charge on any atom is -0.207 e. The molecule has 8 heteroatoms. The van der Waals surface area contributed by atoms with Gasteiger partial charge in [0.1, 0.15) is 0 Å². The third-order valence-corrected chi connectivity index (χ3v) is 4.78.